The number of benzene rings is 1. The molecule has 0 saturated carbocycles. The van der Waals surface area contributed by atoms with Crippen molar-refractivity contribution >= 4 is 0 Å². The van der Waals surface area contributed by atoms with Crippen LogP contribution in [0.25, 0.3) is 0 Å². The summed E-state index contributed by atoms with van der Waals surface area (Å²) in [5.41, 5.74) is 6.19. The van der Waals surface area contributed by atoms with E-state index in [0.29, 0.717) is 24.8 Å². The average Bonchev–Trinajstić information content (AvgIpc) is 2.26. The zero-order valence-electron chi connectivity index (χ0n) is 9.29. The molecule has 1 aromatic rings. The number of nitrogens with two attached hydrogens (primary N) is 1. The van der Waals surface area contributed by atoms with Crippen LogP contribution in [-0.4, -0.2) is 6.61 Å². The van der Waals surface area contributed by atoms with E-state index in [0.717, 1.165) is 12.0 Å². The fraction of sp³-hybridized carbons (Fsp3) is 0.500. The third-order valence-electron chi connectivity index (χ3n) is 2.45. The molecule has 1 rings (SSSR count). The van der Waals surface area contributed by atoms with Gasteiger partial charge in [-0.2, -0.15) is 0 Å². The van der Waals surface area contributed by atoms with Crippen LogP contribution in [0, 0.1) is 11.7 Å². The molecule has 0 bridgehead atoms. The van der Waals surface area contributed by atoms with Gasteiger partial charge in [-0.3, -0.25) is 0 Å². The summed E-state index contributed by atoms with van der Waals surface area (Å²) < 4.78 is 18.8. The molecule has 84 valence electrons. The summed E-state index contributed by atoms with van der Waals surface area (Å²) in [6, 6.07) is 4.85. The maximum Gasteiger partial charge on any atom is 0.165 e. The Balaban J connectivity index is 2.62. The van der Waals surface area contributed by atoms with Crippen molar-refractivity contribution in [3.8, 4) is 5.75 Å². The quantitative estimate of drug-likeness (QED) is 0.812. The van der Waals surface area contributed by atoms with Gasteiger partial charge >= 0.3 is 0 Å². The molecule has 0 fully saturated rings. The van der Waals surface area contributed by atoms with Crippen LogP contribution >= 0.6 is 0 Å². The highest BCUT2D eigenvalue weighted by Gasteiger charge is 2.06. The van der Waals surface area contributed by atoms with Crippen LogP contribution in [0.5, 0.6) is 5.75 Å². The minimum absolute atomic E-state index is 0.313. The number of halogens is 1. The van der Waals surface area contributed by atoms with Gasteiger partial charge in [0.2, 0.25) is 0 Å². The van der Waals surface area contributed by atoms with Crippen LogP contribution < -0.4 is 10.5 Å². The molecule has 15 heavy (non-hydrogen) atoms. The first-order valence-electron chi connectivity index (χ1n) is 5.28. The summed E-state index contributed by atoms with van der Waals surface area (Å²) in [7, 11) is 0. The van der Waals surface area contributed by atoms with E-state index in [9.17, 15) is 4.39 Å². The maximum atomic E-state index is 13.4. The molecule has 1 aromatic carbocycles. The van der Waals surface area contributed by atoms with E-state index < -0.39 is 0 Å². The molecule has 3 heteroatoms. The molecular formula is C12H18FNO. The molecule has 0 aliphatic rings. The number of hydrogen-bond acceptors (Lipinski definition) is 2. The topological polar surface area (TPSA) is 35.2 Å². The summed E-state index contributed by atoms with van der Waals surface area (Å²) in [6.07, 6.45) is 1.03. The molecule has 2 nitrogen and oxygen atoms in total. The summed E-state index contributed by atoms with van der Waals surface area (Å²) in [6.45, 7) is 5.06. The van der Waals surface area contributed by atoms with E-state index in [2.05, 4.69) is 13.8 Å². The fourth-order valence-electron chi connectivity index (χ4n) is 1.14. The highest BCUT2D eigenvalue weighted by molar-refractivity contribution is 5.29. The molecule has 0 aliphatic carbocycles. The van der Waals surface area contributed by atoms with Gasteiger partial charge in [0.15, 0.2) is 11.6 Å². The highest BCUT2D eigenvalue weighted by atomic mass is 19.1. The van der Waals surface area contributed by atoms with Crippen molar-refractivity contribution in [2.45, 2.75) is 26.8 Å². The Morgan fingerprint density at radius 1 is 1.47 bits per heavy atom. The summed E-state index contributed by atoms with van der Waals surface area (Å²) in [5, 5.41) is 0. The Kier molecular flexibility index (Phi) is 4.56. The second-order valence-corrected chi connectivity index (χ2v) is 3.79. The van der Waals surface area contributed by atoms with Crippen molar-refractivity contribution in [1.29, 1.82) is 0 Å². The second-order valence-electron chi connectivity index (χ2n) is 3.79. The molecule has 1 unspecified atom stereocenters. The van der Waals surface area contributed by atoms with E-state index >= 15 is 0 Å². The fourth-order valence-corrected chi connectivity index (χ4v) is 1.14. The van der Waals surface area contributed by atoms with Crippen molar-refractivity contribution in [2.75, 3.05) is 6.61 Å². The van der Waals surface area contributed by atoms with Gasteiger partial charge in [0.05, 0.1) is 6.61 Å². The van der Waals surface area contributed by atoms with E-state index in [1.807, 2.05) is 0 Å². The minimum atomic E-state index is -0.332. The number of hydrogen-bond donors (Lipinski definition) is 1. The standard InChI is InChI=1S/C12H18FNO/c1-3-9(2)8-15-12-5-4-10(7-14)6-11(12)13/h4-6,9H,3,7-8,14H2,1-2H3. The van der Waals surface area contributed by atoms with Gasteiger partial charge in [0.1, 0.15) is 0 Å². The first kappa shape index (κ1) is 12.0. The molecule has 0 amide bonds. The Labute approximate surface area is 90.2 Å². The lowest BCUT2D eigenvalue weighted by Crippen LogP contribution is -2.08. The predicted molar refractivity (Wildman–Crippen MR) is 59.2 cm³/mol. The van der Waals surface area contributed by atoms with Gasteiger partial charge in [0.25, 0.3) is 0 Å². The van der Waals surface area contributed by atoms with Gasteiger partial charge in [-0.05, 0) is 23.6 Å². The third-order valence-corrected chi connectivity index (χ3v) is 2.45. The van der Waals surface area contributed by atoms with Crippen LogP contribution in [0.4, 0.5) is 4.39 Å². The molecule has 1 atom stereocenters. The first-order chi connectivity index (χ1) is 7.17. The molecule has 2 N–H and O–H groups in total. The van der Waals surface area contributed by atoms with Crippen molar-refractivity contribution in [3.05, 3.63) is 29.6 Å². The molecule has 0 aliphatic heterocycles. The van der Waals surface area contributed by atoms with Gasteiger partial charge < -0.3 is 10.5 Å². The van der Waals surface area contributed by atoms with E-state index in [1.54, 1.807) is 12.1 Å². The molecule has 0 radical (unpaired) electrons. The van der Waals surface area contributed by atoms with Gasteiger partial charge in [-0.1, -0.05) is 26.3 Å². The molecule has 0 aromatic heterocycles. The van der Waals surface area contributed by atoms with Crippen molar-refractivity contribution < 1.29 is 9.13 Å². The largest absolute Gasteiger partial charge is 0.490 e. The van der Waals surface area contributed by atoms with Crippen LogP contribution in [-0.2, 0) is 6.54 Å². The molecule has 0 heterocycles. The zero-order valence-corrected chi connectivity index (χ0v) is 9.29. The maximum absolute atomic E-state index is 13.4. The van der Waals surface area contributed by atoms with Gasteiger partial charge in [-0.15, -0.1) is 0 Å². The SMILES string of the molecule is CCC(C)COc1ccc(CN)cc1F. The summed E-state index contributed by atoms with van der Waals surface area (Å²) >= 11 is 0. The summed E-state index contributed by atoms with van der Waals surface area (Å²) in [4.78, 5) is 0. The lowest BCUT2D eigenvalue weighted by atomic mass is 10.1. The molecule has 0 spiro atoms. The first-order valence-corrected chi connectivity index (χ1v) is 5.28. The van der Waals surface area contributed by atoms with Gasteiger partial charge in [-0.25, -0.2) is 4.39 Å². The minimum Gasteiger partial charge on any atom is -0.490 e. The smallest absolute Gasteiger partial charge is 0.165 e. The van der Waals surface area contributed by atoms with Crippen molar-refractivity contribution in [1.82, 2.24) is 0 Å². The Bertz CT molecular complexity index is 314. The predicted octanol–water partition coefficient (Wildman–Crippen LogP) is 2.71. The lowest BCUT2D eigenvalue weighted by molar-refractivity contribution is 0.246. The van der Waals surface area contributed by atoms with Gasteiger partial charge in [0, 0.05) is 6.54 Å². The van der Waals surface area contributed by atoms with Crippen LogP contribution in [0.15, 0.2) is 18.2 Å². The van der Waals surface area contributed by atoms with E-state index in [4.69, 9.17) is 10.5 Å². The number of rotatable bonds is 5. The average molecular weight is 211 g/mol. The normalized spacial score (nSPS) is 12.5. The monoisotopic (exact) mass is 211 g/mol. The lowest BCUT2D eigenvalue weighted by Gasteiger charge is -2.11. The van der Waals surface area contributed by atoms with Crippen molar-refractivity contribution in [2.24, 2.45) is 11.7 Å². The Morgan fingerprint density at radius 2 is 2.20 bits per heavy atom. The Hall–Kier alpha value is -1.09. The van der Waals surface area contributed by atoms with Crippen LogP contribution in [0.1, 0.15) is 25.8 Å². The van der Waals surface area contributed by atoms with Crippen LogP contribution in [0.2, 0.25) is 0 Å². The van der Waals surface area contributed by atoms with Crippen molar-refractivity contribution in [3.63, 3.8) is 0 Å². The van der Waals surface area contributed by atoms with E-state index in [-0.39, 0.29) is 5.82 Å². The third kappa shape index (κ3) is 3.51. The van der Waals surface area contributed by atoms with E-state index in [1.165, 1.54) is 6.07 Å². The van der Waals surface area contributed by atoms with Crippen LogP contribution in [0.3, 0.4) is 0 Å². The molecular weight excluding hydrogens is 193 g/mol. The Morgan fingerprint density at radius 3 is 2.73 bits per heavy atom. The summed E-state index contributed by atoms with van der Waals surface area (Å²) in [5.74, 6) is 0.423. The second kappa shape index (κ2) is 5.71. The molecule has 0 saturated heterocycles. The zero-order chi connectivity index (χ0) is 11.3. The number of ether oxygens (including phenoxy) is 1. The highest BCUT2D eigenvalue weighted by Crippen LogP contribution is 2.19.